The number of hydrogen-bond donors (Lipinski definition) is 1. The Bertz CT molecular complexity index is 794. The van der Waals surface area contributed by atoms with Crippen molar-refractivity contribution in [3.05, 3.63) is 59.1 Å². The molecule has 29 heavy (non-hydrogen) atoms. The predicted octanol–water partition coefficient (Wildman–Crippen LogP) is 6.32. The van der Waals surface area contributed by atoms with Gasteiger partial charge in [-0.25, -0.2) is 0 Å². The fraction of sp³-hybridized carbons (Fsp3) is 0.458. The Morgan fingerprint density at radius 2 is 1.90 bits per heavy atom. The van der Waals surface area contributed by atoms with E-state index in [1.807, 2.05) is 31.2 Å². The van der Waals surface area contributed by atoms with Crippen molar-refractivity contribution in [1.82, 2.24) is 5.32 Å². The smallest absolute Gasteiger partial charge is 0.233 e. The van der Waals surface area contributed by atoms with Crippen LogP contribution in [0.25, 0.3) is 0 Å². The summed E-state index contributed by atoms with van der Waals surface area (Å²) in [5, 5.41) is 3.78. The average Bonchev–Trinajstić information content (AvgIpc) is 2.73. The Balaban J connectivity index is 1.58. The third kappa shape index (κ3) is 6.16. The fourth-order valence-corrected chi connectivity index (χ4v) is 4.88. The Hall–Kier alpha value is -1.65. The lowest BCUT2D eigenvalue weighted by Gasteiger charge is -2.33. The minimum atomic E-state index is -0.118. The van der Waals surface area contributed by atoms with E-state index in [9.17, 15) is 4.79 Å². The van der Waals surface area contributed by atoms with Gasteiger partial charge in [0.2, 0.25) is 5.91 Å². The van der Waals surface area contributed by atoms with E-state index >= 15 is 0 Å². The summed E-state index contributed by atoms with van der Waals surface area (Å²) in [4.78, 5) is 16.3. The van der Waals surface area contributed by atoms with Crippen LogP contribution in [0.4, 0.5) is 5.69 Å². The monoisotopic (exact) mass is 430 g/mol. The number of hydrogen-bond acceptors (Lipinski definition) is 3. The van der Waals surface area contributed by atoms with Gasteiger partial charge in [-0.1, -0.05) is 37.6 Å². The van der Waals surface area contributed by atoms with Crippen molar-refractivity contribution in [3.8, 4) is 0 Å². The summed E-state index contributed by atoms with van der Waals surface area (Å²) in [6, 6.07) is 16.3. The Morgan fingerprint density at radius 1 is 1.21 bits per heavy atom. The summed E-state index contributed by atoms with van der Waals surface area (Å²) in [7, 11) is 0. The van der Waals surface area contributed by atoms with Crippen LogP contribution in [-0.2, 0) is 4.79 Å². The molecule has 3 rings (SSSR count). The number of anilines is 1. The minimum Gasteiger partial charge on any atom is -0.371 e. The van der Waals surface area contributed by atoms with Gasteiger partial charge in [-0.3, -0.25) is 4.79 Å². The first-order valence-corrected chi connectivity index (χ1v) is 11.8. The van der Waals surface area contributed by atoms with Crippen molar-refractivity contribution in [1.29, 1.82) is 0 Å². The fourth-order valence-electron chi connectivity index (χ4n) is 3.79. The normalized spacial score (nSPS) is 18.9. The van der Waals surface area contributed by atoms with E-state index < -0.39 is 0 Å². The van der Waals surface area contributed by atoms with Crippen LogP contribution in [0.2, 0.25) is 5.02 Å². The topological polar surface area (TPSA) is 32.3 Å². The van der Waals surface area contributed by atoms with E-state index in [2.05, 4.69) is 48.3 Å². The molecule has 0 unspecified atom stereocenters. The van der Waals surface area contributed by atoms with Crippen LogP contribution in [0.5, 0.6) is 0 Å². The number of amides is 1. The minimum absolute atomic E-state index is 0.0169. The number of carbonyl (C=O) groups excluding carboxylic acids is 1. The molecule has 156 valence electrons. The Kier molecular flexibility index (Phi) is 7.91. The van der Waals surface area contributed by atoms with Crippen molar-refractivity contribution in [3.63, 3.8) is 0 Å². The molecular formula is C24H31ClN2OS. The Morgan fingerprint density at radius 3 is 2.52 bits per heavy atom. The molecule has 0 bridgehead atoms. The zero-order valence-electron chi connectivity index (χ0n) is 17.5. The molecule has 2 aromatic carbocycles. The van der Waals surface area contributed by atoms with Crippen molar-refractivity contribution >= 4 is 35.0 Å². The van der Waals surface area contributed by atoms with Crippen LogP contribution < -0.4 is 10.2 Å². The maximum Gasteiger partial charge on any atom is 0.233 e. The second kappa shape index (κ2) is 10.4. The number of benzene rings is 2. The van der Waals surface area contributed by atoms with Crippen LogP contribution in [0.15, 0.2) is 53.4 Å². The lowest BCUT2D eigenvalue weighted by atomic mass is 9.99. The van der Waals surface area contributed by atoms with Gasteiger partial charge in [0.05, 0.1) is 11.3 Å². The maximum absolute atomic E-state index is 12.8. The molecule has 5 heteroatoms. The molecule has 3 atom stereocenters. The van der Waals surface area contributed by atoms with Crippen molar-refractivity contribution in [2.75, 3.05) is 18.0 Å². The largest absolute Gasteiger partial charge is 0.371 e. The van der Waals surface area contributed by atoms with Gasteiger partial charge in [-0.2, -0.15) is 0 Å². The summed E-state index contributed by atoms with van der Waals surface area (Å²) >= 11 is 7.54. The van der Waals surface area contributed by atoms with E-state index in [0.717, 1.165) is 35.9 Å². The summed E-state index contributed by atoms with van der Waals surface area (Å²) in [6.45, 7) is 8.69. The lowest BCUT2D eigenvalue weighted by molar-refractivity contribution is -0.121. The second-order valence-corrected chi connectivity index (χ2v) is 9.70. The molecule has 1 amide bonds. The molecule has 2 aromatic rings. The highest BCUT2D eigenvalue weighted by Gasteiger charge is 2.21. The highest BCUT2D eigenvalue weighted by atomic mass is 35.5. The third-order valence-electron chi connectivity index (χ3n) is 5.53. The van der Waals surface area contributed by atoms with Gasteiger partial charge in [0, 0.05) is 28.7 Å². The molecule has 0 spiro atoms. The highest BCUT2D eigenvalue weighted by Crippen LogP contribution is 2.28. The molecule has 0 radical (unpaired) electrons. The molecule has 0 saturated carbocycles. The standard InChI is InChI=1S/C24H31ClN2OS/c1-4-23(29-22-13-9-20(25)10-14-22)24(28)26-18(3)19-7-11-21(12-8-19)27-15-5-6-17(2)16-27/h7-14,17-18,23H,4-6,15-16H2,1-3H3,(H,26,28)/t17-,18+,23+/m1/s1. The number of nitrogens with zero attached hydrogens (tertiary/aromatic N) is 1. The van der Waals surface area contributed by atoms with Gasteiger partial charge < -0.3 is 10.2 Å². The third-order valence-corrected chi connectivity index (χ3v) is 7.16. The van der Waals surface area contributed by atoms with Gasteiger partial charge in [0.15, 0.2) is 0 Å². The molecule has 0 aromatic heterocycles. The van der Waals surface area contributed by atoms with Gasteiger partial charge in [-0.05, 0) is 74.1 Å². The molecule has 1 aliphatic rings. The summed E-state index contributed by atoms with van der Waals surface area (Å²) in [6.07, 6.45) is 3.36. The molecule has 1 N–H and O–H groups in total. The van der Waals surface area contributed by atoms with Crippen LogP contribution in [-0.4, -0.2) is 24.2 Å². The predicted molar refractivity (Wildman–Crippen MR) is 125 cm³/mol. The van der Waals surface area contributed by atoms with Gasteiger partial charge >= 0.3 is 0 Å². The first-order valence-electron chi connectivity index (χ1n) is 10.5. The van der Waals surface area contributed by atoms with E-state index in [1.165, 1.54) is 18.5 Å². The molecule has 3 nitrogen and oxygen atoms in total. The maximum atomic E-state index is 12.8. The van der Waals surface area contributed by atoms with E-state index in [0.29, 0.717) is 5.02 Å². The lowest BCUT2D eigenvalue weighted by Crippen LogP contribution is -2.35. The van der Waals surface area contributed by atoms with Crippen LogP contribution in [0.1, 0.15) is 51.6 Å². The van der Waals surface area contributed by atoms with Gasteiger partial charge in [0.1, 0.15) is 0 Å². The number of thioether (sulfide) groups is 1. The quantitative estimate of drug-likeness (QED) is 0.521. The second-order valence-electron chi connectivity index (χ2n) is 7.98. The van der Waals surface area contributed by atoms with Crippen LogP contribution in [0.3, 0.4) is 0 Å². The number of piperidine rings is 1. The van der Waals surface area contributed by atoms with Gasteiger partial charge in [-0.15, -0.1) is 11.8 Å². The summed E-state index contributed by atoms with van der Waals surface area (Å²) in [5.74, 6) is 0.833. The van der Waals surface area contributed by atoms with E-state index in [-0.39, 0.29) is 17.2 Å². The van der Waals surface area contributed by atoms with Crippen LogP contribution >= 0.6 is 23.4 Å². The number of rotatable bonds is 7. The summed E-state index contributed by atoms with van der Waals surface area (Å²) in [5.41, 5.74) is 2.42. The summed E-state index contributed by atoms with van der Waals surface area (Å²) < 4.78 is 0. The molecule has 1 aliphatic heterocycles. The average molecular weight is 431 g/mol. The molecule has 0 aliphatic carbocycles. The van der Waals surface area contributed by atoms with Gasteiger partial charge in [0.25, 0.3) is 0 Å². The molecule has 1 fully saturated rings. The van der Waals surface area contributed by atoms with E-state index in [4.69, 9.17) is 11.6 Å². The molecule has 1 saturated heterocycles. The van der Waals surface area contributed by atoms with Crippen molar-refractivity contribution in [2.45, 2.75) is 56.2 Å². The number of carbonyl (C=O) groups is 1. The van der Waals surface area contributed by atoms with E-state index in [1.54, 1.807) is 11.8 Å². The molecular weight excluding hydrogens is 400 g/mol. The number of nitrogens with one attached hydrogen (secondary N) is 1. The molecule has 1 heterocycles. The zero-order chi connectivity index (χ0) is 20.8. The zero-order valence-corrected chi connectivity index (χ0v) is 19.1. The van der Waals surface area contributed by atoms with Crippen molar-refractivity contribution in [2.24, 2.45) is 5.92 Å². The van der Waals surface area contributed by atoms with Crippen molar-refractivity contribution < 1.29 is 4.79 Å². The number of halogens is 1. The first-order chi connectivity index (χ1) is 14.0. The SMILES string of the molecule is CC[C@H](Sc1ccc(Cl)cc1)C(=O)N[C@@H](C)c1ccc(N2CCC[C@@H](C)C2)cc1. The first kappa shape index (κ1) is 22.0. The Labute approximate surface area is 184 Å². The highest BCUT2D eigenvalue weighted by molar-refractivity contribution is 8.00. The van der Waals surface area contributed by atoms with Crippen LogP contribution in [0, 0.1) is 5.92 Å².